The highest BCUT2D eigenvalue weighted by Crippen LogP contribution is 2.37. The molecule has 6 nitrogen and oxygen atoms in total. The smallest absolute Gasteiger partial charge is 0.370 e. The molecule has 166 valence electrons. The summed E-state index contributed by atoms with van der Waals surface area (Å²) in [5, 5.41) is 2.53. The van der Waals surface area contributed by atoms with E-state index in [1.807, 2.05) is 17.1 Å². The number of piperidine rings is 1. The summed E-state index contributed by atoms with van der Waals surface area (Å²) in [6.07, 6.45) is 2.95. The summed E-state index contributed by atoms with van der Waals surface area (Å²) in [6, 6.07) is 3.29. The van der Waals surface area contributed by atoms with Gasteiger partial charge in [0, 0.05) is 13.1 Å². The molecule has 1 aliphatic carbocycles. The van der Waals surface area contributed by atoms with Gasteiger partial charge in [0.25, 0.3) is 0 Å². The summed E-state index contributed by atoms with van der Waals surface area (Å²) in [5.41, 5.74) is -0.313. The van der Waals surface area contributed by atoms with E-state index in [9.17, 15) is 27.6 Å². The Morgan fingerprint density at radius 1 is 1.00 bits per heavy atom. The summed E-state index contributed by atoms with van der Waals surface area (Å²) in [6.45, 7) is 0.877. The van der Waals surface area contributed by atoms with Crippen molar-refractivity contribution in [3.05, 3.63) is 35.9 Å². The van der Waals surface area contributed by atoms with E-state index < -0.39 is 47.8 Å². The first-order valence-corrected chi connectivity index (χ1v) is 10.5. The predicted octanol–water partition coefficient (Wildman–Crippen LogP) is 3.59. The molecule has 2 aliphatic heterocycles. The standard InChI is InChI=1S/C22H24F3N3O3/c23-22(24,25)14-8-9-18(27-10-4-1-5-11-27)17(12-14)26-19(29)13-28-20(30)15-6-2-3-7-16(15)21(28)31/h2-3,8-9,12,15-16H,1,4-7,10-11,13H2,(H,26,29). The Kier molecular flexibility index (Phi) is 5.77. The summed E-state index contributed by atoms with van der Waals surface area (Å²) >= 11 is 0. The topological polar surface area (TPSA) is 69.7 Å². The number of fused-ring (bicyclic) bond motifs is 1. The van der Waals surface area contributed by atoms with Crippen LogP contribution >= 0.6 is 0 Å². The summed E-state index contributed by atoms with van der Waals surface area (Å²) < 4.78 is 39.7. The van der Waals surface area contributed by atoms with E-state index in [4.69, 9.17) is 0 Å². The molecule has 0 radical (unpaired) electrons. The third-order valence-corrected chi connectivity index (χ3v) is 6.20. The molecule has 2 heterocycles. The zero-order valence-corrected chi connectivity index (χ0v) is 17.0. The van der Waals surface area contributed by atoms with Crippen molar-refractivity contribution >= 4 is 29.1 Å². The number of hydrogen-bond acceptors (Lipinski definition) is 4. The lowest BCUT2D eigenvalue weighted by atomic mass is 9.85. The Morgan fingerprint density at radius 2 is 1.61 bits per heavy atom. The van der Waals surface area contributed by atoms with Crippen LogP contribution in [0.1, 0.15) is 37.7 Å². The van der Waals surface area contributed by atoms with Crippen LogP contribution in [0.5, 0.6) is 0 Å². The van der Waals surface area contributed by atoms with Gasteiger partial charge in [0.1, 0.15) is 6.54 Å². The molecule has 3 amide bonds. The third kappa shape index (κ3) is 4.31. The number of allylic oxidation sites excluding steroid dienone is 2. The number of alkyl halides is 3. The van der Waals surface area contributed by atoms with Crippen molar-refractivity contribution in [3.63, 3.8) is 0 Å². The van der Waals surface area contributed by atoms with Gasteiger partial charge in [-0.2, -0.15) is 13.2 Å². The average Bonchev–Trinajstić information content (AvgIpc) is 2.99. The van der Waals surface area contributed by atoms with Crippen molar-refractivity contribution in [2.24, 2.45) is 11.8 Å². The van der Waals surface area contributed by atoms with Crippen molar-refractivity contribution in [1.29, 1.82) is 0 Å². The summed E-state index contributed by atoms with van der Waals surface area (Å²) in [7, 11) is 0. The zero-order chi connectivity index (χ0) is 22.2. The monoisotopic (exact) mass is 435 g/mol. The van der Waals surface area contributed by atoms with Crippen LogP contribution in [0.4, 0.5) is 24.5 Å². The lowest BCUT2D eigenvalue weighted by Gasteiger charge is -2.31. The van der Waals surface area contributed by atoms with Crippen LogP contribution < -0.4 is 10.2 Å². The molecule has 1 N–H and O–H groups in total. The molecule has 0 aromatic heterocycles. The van der Waals surface area contributed by atoms with E-state index in [2.05, 4.69) is 5.32 Å². The van der Waals surface area contributed by atoms with Crippen LogP contribution in [0.2, 0.25) is 0 Å². The Balaban J connectivity index is 1.54. The number of carbonyl (C=O) groups excluding carboxylic acids is 3. The highest BCUT2D eigenvalue weighted by Gasteiger charge is 2.47. The number of benzene rings is 1. The van der Waals surface area contributed by atoms with Crippen molar-refractivity contribution < 1.29 is 27.6 Å². The molecule has 1 aromatic carbocycles. The van der Waals surface area contributed by atoms with Gasteiger partial charge in [0.05, 0.1) is 28.8 Å². The van der Waals surface area contributed by atoms with Gasteiger partial charge in [-0.15, -0.1) is 0 Å². The van der Waals surface area contributed by atoms with E-state index in [1.54, 1.807) is 0 Å². The number of halogens is 3. The average molecular weight is 435 g/mol. The lowest BCUT2D eigenvalue weighted by molar-refractivity contribution is -0.142. The number of nitrogens with one attached hydrogen (secondary N) is 1. The third-order valence-electron chi connectivity index (χ3n) is 6.20. The molecule has 0 spiro atoms. The number of carbonyl (C=O) groups is 3. The van der Waals surface area contributed by atoms with Crippen LogP contribution in [-0.4, -0.2) is 42.3 Å². The second kappa shape index (κ2) is 8.36. The molecule has 9 heteroatoms. The molecule has 2 atom stereocenters. The molecule has 2 saturated heterocycles. The number of anilines is 2. The number of hydrogen-bond donors (Lipinski definition) is 1. The van der Waals surface area contributed by atoms with Gasteiger partial charge in [0.2, 0.25) is 17.7 Å². The van der Waals surface area contributed by atoms with Gasteiger partial charge >= 0.3 is 6.18 Å². The van der Waals surface area contributed by atoms with Crippen LogP contribution in [0.25, 0.3) is 0 Å². The fourth-order valence-electron chi connectivity index (χ4n) is 4.58. The van der Waals surface area contributed by atoms with Crippen LogP contribution in [-0.2, 0) is 20.6 Å². The Bertz CT molecular complexity index is 896. The molecule has 31 heavy (non-hydrogen) atoms. The first-order chi connectivity index (χ1) is 14.8. The van der Waals surface area contributed by atoms with Crippen molar-refractivity contribution in [2.75, 3.05) is 29.9 Å². The molecule has 2 fully saturated rings. The van der Waals surface area contributed by atoms with Gasteiger partial charge in [-0.1, -0.05) is 12.2 Å². The minimum Gasteiger partial charge on any atom is -0.370 e. The van der Waals surface area contributed by atoms with Gasteiger partial charge in [-0.05, 0) is 50.3 Å². The number of imide groups is 1. The van der Waals surface area contributed by atoms with Gasteiger partial charge in [0.15, 0.2) is 0 Å². The first kappa shape index (κ1) is 21.4. The molecule has 0 saturated carbocycles. The molecular weight excluding hydrogens is 411 g/mol. The minimum atomic E-state index is -4.55. The SMILES string of the molecule is O=C(CN1C(=O)C2CC=CCC2C1=O)Nc1cc(C(F)(F)F)ccc1N1CCCCC1. The van der Waals surface area contributed by atoms with Crippen molar-refractivity contribution in [1.82, 2.24) is 4.90 Å². The number of likely N-dealkylation sites (tertiary alicyclic amines) is 1. The first-order valence-electron chi connectivity index (χ1n) is 10.5. The molecule has 2 unspecified atom stereocenters. The van der Waals surface area contributed by atoms with Crippen LogP contribution in [0.3, 0.4) is 0 Å². The normalized spacial score (nSPS) is 23.8. The fourth-order valence-corrected chi connectivity index (χ4v) is 4.58. The number of rotatable bonds is 4. The summed E-state index contributed by atoms with van der Waals surface area (Å²) in [5.74, 6) is -2.39. The summed E-state index contributed by atoms with van der Waals surface area (Å²) in [4.78, 5) is 40.7. The van der Waals surface area contributed by atoms with Gasteiger partial charge in [-0.3, -0.25) is 19.3 Å². The van der Waals surface area contributed by atoms with E-state index in [1.165, 1.54) is 6.07 Å². The van der Waals surface area contributed by atoms with Crippen LogP contribution in [0, 0.1) is 11.8 Å². The molecule has 4 rings (SSSR count). The largest absolute Gasteiger partial charge is 0.416 e. The second-order valence-electron chi connectivity index (χ2n) is 8.24. The molecule has 3 aliphatic rings. The maximum Gasteiger partial charge on any atom is 0.416 e. The second-order valence-corrected chi connectivity index (χ2v) is 8.24. The van der Waals surface area contributed by atoms with Crippen molar-refractivity contribution in [3.8, 4) is 0 Å². The van der Waals surface area contributed by atoms with Gasteiger partial charge < -0.3 is 10.2 Å². The Hall–Kier alpha value is -2.84. The van der Waals surface area contributed by atoms with Gasteiger partial charge in [-0.25, -0.2) is 0 Å². The maximum absolute atomic E-state index is 13.2. The predicted molar refractivity (Wildman–Crippen MR) is 108 cm³/mol. The van der Waals surface area contributed by atoms with Crippen molar-refractivity contribution in [2.45, 2.75) is 38.3 Å². The van der Waals surface area contributed by atoms with Crippen LogP contribution in [0.15, 0.2) is 30.4 Å². The van der Waals surface area contributed by atoms with E-state index in [-0.39, 0.29) is 5.69 Å². The highest BCUT2D eigenvalue weighted by molar-refractivity contribution is 6.09. The molecule has 0 bridgehead atoms. The quantitative estimate of drug-likeness (QED) is 0.580. The minimum absolute atomic E-state index is 0.0416. The number of amides is 3. The highest BCUT2D eigenvalue weighted by atomic mass is 19.4. The fraction of sp³-hybridized carbons (Fsp3) is 0.500. The van der Waals surface area contributed by atoms with E-state index >= 15 is 0 Å². The van der Waals surface area contributed by atoms with E-state index in [0.29, 0.717) is 31.6 Å². The molecule has 1 aromatic rings. The Morgan fingerprint density at radius 3 is 2.19 bits per heavy atom. The molecular formula is C22H24F3N3O3. The maximum atomic E-state index is 13.2. The number of nitrogens with zero attached hydrogens (tertiary/aromatic N) is 2. The van der Waals surface area contributed by atoms with E-state index in [0.717, 1.165) is 36.3 Å². The lowest BCUT2D eigenvalue weighted by Crippen LogP contribution is -2.38. The zero-order valence-electron chi connectivity index (χ0n) is 17.0. The Labute approximate surface area is 178 Å².